The van der Waals surface area contributed by atoms with E-state index in [9.17, 15) is 4.79 Å². The number of hydrogen-bond acceptors (Lipinski definition) is 4. The number of amides is 1. The number of rotatable bonds is 6. The van der Waals surface area contributed by atoms with Gasteiger partial charge in [0, 0.05) is 17.8 Å². The van der Waals surface area contributed by atoms with Crippen LogP contribution in [0.2, 0.25) is 0 Å². The molecule has 1 N–H and O–H groups in total. The molecule has 2 atom stereocenters. The van der Waals surface area contributed by atoms with Crippen LogP contribution in [0.15, 0.2) is 78.9 Å². The molecule has 1 aliphatic heterocycles. The second kappa shape index (κ2) is 9.01. The molecule has 0 saturated carbocycles. The Morgan fingerprint density at radius 2 is 1.67 bits per heavy atom. The topological polar surface area (TPSA) is 50.8 Å². The fraction of sp³-hybridized carbons (Fsp3) is 0.240. The van der Waals surface area contributed by atoms with Gasteiger partial charge in [-0.05, 0) is 37.7 Å². The highest BCUT2D eigenvalue weighted by atomic mass is 16.6. The van der Waals surface area contributed by atoms with E-state index in [-0.39, 0.29) is 18.1 Å². The summed E-state index contributed by atoms with van der Waals surface area (Å²) < 4.78 is 11.8. The zero-order valence-corrected chi connectivity index (χ0v) is 17.2. The van der Waals surface area contributed by atoms with Crippen molar-refractivity contribution >= 4 is 11.6 Å². The number of para-hydroxylation sites is 3. The average Bonchev–Trinajstić information content (AvgIpc) is 2.79. The van der Waals surface area contributed by atoms with Gasteiger partial charge < -0.3 is 14.8 Å². The number of hydrogen-bond donors (Lipinski definition) is 1. The second-order valence-corrected chi connectivity index (χ2v) is 7.51. The fourth-order valence-corrected chi connectivity index (χ4v) is 3.53. The number of nitrogens with zero attached hydrogens (tertiary/aromatic N) is 1. The molecule has 1 heterocycles. The Morgan fingerprint density at radius 3 is 2.47 bits per heavy atom. The van der Waals surface area contributed by atoms with Crippen LogP contribution in [0.25, 0.3) is 11.1 Å². The first kappa shape index (κ1) is 20.0. The molecule has 1 amide bonds. The molecule has 3 aromatic carbocycles. The summed E-state index contributed by atoms with van der Waals surface area (Å²) in [5.74, 6) is 1.45. The van der Waals surface area contributed by atoms with Crippen molar-refractivity contribution in [1.82, 2.24) is 4.90 Å². The van der Waals surface area contributed by atoms with Gasteiger partial charge in [-0.2, -0.15) is 0 Å². The Bertz CT molecular complexity index is 1010. The van der Waals surface area contributed by atoms with Crippen molar-refractivity contribution in [3.8, 4) is 22.6 Å². The molecule has 0 aliphatic carbocycles. The quantitative estimate of drug-likeness (QED) is 0.662. The third kappa shape index (κ3) is 4.47. The van der Waals surface area contributed by atoms with Gasteiger partial charge in [0.2, 0.25) is 5.91 Å². The zero-order valence-electron chi connectivity index (χ0n) is 17.2. The van der Waals surface area contributed by atoms with E-state index in [4.69, 9.17) is 9.47 Å². The lowest BCUT2D eigenvalue weighted by Gasteiger charge is -2.31. The predicted octanol–water partition coefficient (Wildman–Crippen LogP) is 4.45. The van der Waals surface area contributed by atoms with Crippen molar-refractivity contribution in [2.24, 2.45) is 0 Å². The molecule has 1 aliphatic rings. The zero-order chi connectivity index (χ0) is 20.9. The summed E-state index contributed by atoms with van der Waals surface area (Å²) in [4.78, 5) is 14.9. The summed E-state index contributed by atoms with van der Waals surface area (Å²) in [5, 5.41) is 3.09. The molecule has 5 nitrogen and oxygen atoms in total. The summed E-state index contributed by atoms with van der Waals surface area (Å²) in [6.07, 6.45) is -0.128. The van der Waals surface area contributed by atoms with Crippen LogP contribution < -0.4 is 14.8 Å². The first-order valence-corrected chi connectivity index (χ1v) is 10.2. The smallest absolute Gasteiger partial charge is 0.241 e. The Kier molecular flexibility index (Phi) is 6.00. The van der Waals surface area contributed by atoms with Crippen molar-refractivity contribution in [1.29, 1.82) is 0 Å². The molecule has 154 valence electrons. The van der Waals surface area contributed by atoms with Gasteiger partial charge in [-0.3, -0.25) is 9.69 Å². The first-order valence-electron chi connectivity index (χ1n) is 10.2. The molecule has 0 fully saturated rings. The van der Waals surface area contributed by atoms with E-state index in [2.05, 4.69) is 5.32 Å². The van der Waals surface area contributed by atoms with Crippen LogP contribution in [0.5, 0.6) is 11.5 Å². The van der Waals surface area contributed by atoms with Gasteiger partial charge in [0.1, 0.15) is 12.7 Å². The van der Waals surface area contributed by atoms with Crippen LogP contribution in [0, 0.1) is 0 Å². The number of anilines is 1. The maximum Gasteiger partial charge on any atom is 0.241 e. The third-order valence-corrected chi connectivity index (χ3v) is 5.37. The summed E-state index contributed by atoms with van der Waals surface area (Å²) >= 11 is 0. The van der Waals surface area contributed by atoms with Crippen molar-refractivity contribution < 1.29 is 14.3 Å². The first-order chi connectivity index (χ1) is 14.6. The van der Waals surface area contributed by atoms with Crippen molar-refractivity contribution in [3.05, 3.63) is 78.9 Å². The van der Waals surface area contributed by atoms with Crippen molar-refractivity contribution in [3.63, 3.8) is 0 Å². The minimum Gasteiger partial charge on any atom is -0.486 e. The van der Waals surface area contributed by atoms with Crippen LogP contribution in [-0.4, -0.2) is 43.2 Å². The van der Waals surface area contributed by atoms with E-state index in [0.717, 1.165) is 28.3 Å². The van der Waals surface area contributed by atoms with Crippen LogP contribution in [0.4, 0.5) is 5.69 Å². The number of carbonyl (C=O) groups is 1. The minimum atomic E-state index is -0.324. The Balaban J connectivity index is 1.40. The lowest BCUT2D eigenvalue weighted by Crippen LogP contribution is -2.46. The highest BCUT2D eigenvalue weighted by Crippen LogP contribution is 2.31. The molecule has 0 spiro atoms. The molecule has 0 aromatic heterocycles. The summed E-state index contributed by atoms with van der Waals surface area (Å²) in [6, 6.07) is 25.2. The molecular formula is C25H26N2O3. The van der Waals surface area contributed by atoms with Crippen molar-refractivity contribution in [2.75, 3.05) is 25.5 Å². The van der Waals surface area contributed by atoms with Gasteiger partial charge in [-0.15, -0.1) is 0 Å². The summed E-state index contributed by atoms with van der Waals surface area (Å²) in [5.41, 5.74) is 2.88. The van der Waals surface area contributed by atoms with E-state index >= 15 is 0 Å². The molecule has 30 heavy (non-hydrogen) atoms. The highest BCUT2D eigenvalue weighted by Gasteiger charge is 2.26. The number of ether oxygens (including phenoxy) is 2. The molecule has 5 heteroatoms. The van der Waals surface area contributed by atoms with Gasteiger partial charge in [0.05, 0.1) is 6.04 Å². The Labute approximate surface area is 177 Å². The van der Waals surface area contributed by atoms with Gasteiger partial charge >= 0.3 is 0 Å². The van der Waals surface area contributed by atoms with Gasteiger partial charge in [0.25, 0.3) is 0 Å². The number of nitrogens with one attached hydrogen (secondary N) is 1. The van der Waals surface area contributed by atoms with Crippen LogP contribution in [0.3, 0.4) is 0 Å². The molecule has 4 rings (SSSR count). The maximum absolute atomic E-state index is 13.0. The average molecular weight is 402 g/mol. The predicted molar refractivity (Wildman–Crippen MR) is 119 cm³/mol. The van der Waals surface area contributed by atoms with E-state index in [1.54, 1.807) is 0 Å². The Hall–Kier alpha value is -3.31. The van der Waals surface area contributed by atoms with Crippen molar-refractivity contribution in [2.45, 2.75) is 19.1 Å². The number of benzene rings is 3. The molecular weight excluding hydrogens is 376 g/mol. The van der Waals surface area contributed by atoms with Gasteiger partial charge in [0.15, 0.2) is 11.5 Å². The van der Waals surface area contributed by atoms with E-state index in [1.807, 2.05) is 97.7 Å². The highest BCUT2D eigenvalue weighted by molar-refractivity contribution is 5.98. The van der Waals surface area contributed by atoms with Crippen LogP contribution in [-0.2, 0) is 4.79 Å². The summed E-state index contributed by atoms with van der Waals surface area (Å²) in [6.45, 7) is 2.95. The maximum atomic E-state index is 13.0. The molecule has 2 unspecified atom stereocenters. The number of fused-ring (bicyclic) bond motifs is 1. The largest absolute Gasteiger partial charge is 0.486 e. The summed E-state index contributed by atoms with van der Waals surface area (Å²) in [7, 11) is 1.93. The monoisotopic (exact) mass is 402 g/mol. The van der Waals surface area contributed by atoms with E-state index in [0.29, 0.717) is 13.2 Å². The van der Waals surface area contributed by atoms with E-state index in [1.165, 1.54) is 0 Å². The SMILES string of the molecule is CC(C(=O)Nc1ccccc1-c1ccccc1)N(C)CC1COc2ccccc2O1. The van der Waals surface area contributed by atoms with Crippen LogP contribution >= 0.6 is 0 Å². The lowest BCUT2D eigenvalue weighted by molar-refractivity contribution is -0.120. The molecule has 0 bridgehead atoms. The standard InChI is InChI=1S/C25H26N2O3/c1-18(27(2)16-20-17-29-23-14-8-9-15-24(23)30-20)25(28)26-22-13-7-6-12-21(22)19-10-4-3-5-11-19/h3-15,18,20H,16-17H2,1-2H3,(H,26,28). The molecule has 3 aromatic rings. The third-order valence-electron chi connectivity index (χ3n) is 5.37. The minimum absolute atomic E-state index is 0.0574. The van der Waals surface area contributed by atoms with E-state index < -0.39 is 0 Å². The van der Waals surface area contributed by atoms with Gasteiger partial charge in [-0.1, -0.05) is 60.7 Å². The lowest BCUT2D eigenvalue weighted by atomic mass is 10.0. The fourth-order valence-electron chi connectivity index (χ4n) is 3.53. The Morgan fingerprint density at radius 1 is 1.00 bits per heavy atom. The van der Waals surface area contributed by atoms with Gasteiger partial charge in [-0.25, -0.2) is 0 Å². The van der Waals surface area contributed by atoms with Crippen LogP contribution in [0.1, 0.15) is 6.92 Å². The molecule has 0 saturated heterocycles. The number of carbonyl (C=O) groups excluding carboxylic acids is 1. The second-order valence-electron chi connectivity index (χ2n) is 7.51. The molecule has 0 radical (unpaired) electrons. The normalized spacial score (nSPS) is 16.2. The number of likely N-dealkylation sites (N-methyl/N-ethyl adjacent to an activating group) is 1.